The zero-order valence-corrected chi connectivity index (χ0v) is 14.8. The lowest BCUT2D eigenvalue weighted by atomic mass is 10.2. The van der Waals surface area contributed by atoms with Gasteiger partial charge < -0.3 is 20.3 Å². The Kier molecular flexibility index (Phi) is 5.73. The van der Waals surface area contributed by atoms with Gasteiger partial charge in [-0.3, -0.25) is 4.79 Å². The predicted octanol–water partition coefficient (Wildman–Crippen LogP) is 3.12. The molecule has 6 heteroatoms. The molecule has 2 N–H and O–H groups in total. The van der Waals surface area contributed by atoms with Crippen molar-refractivity contribution in [2.75, 3.05) is 42.3 Å². The predicted molar refractivity (Wildman–Crippen MR) is 103 cm³/mol. The number of ether oxygens (including phenoxy) is 1. The summed E-state index contributed by atoms with van der Waals surface area (Å²) in [4.78, 5) is 26.3. The maximum Gasteiger partial charge on any atom is 0.339 e. The molecule has 26 heavy (non-hydrogen) atoms. The molecular weight excluding hydrogens is 330 g/mol. The summed E-state index contributed by atoms with van der Waals surface area (Å²) in [6.45, 7) is 2.32. The van der Waals surface area contributed by atoms with E-state index in [4.69, 9.17) is 4.74 Å². The molecule has 1 fully saturated rings. The molecule has 1 aliphatic rings. The van der Waals surface area contributed by atoms with E-state index >= 15 is 0 Å². The number of benzene rings is 2. The summed E-state index contributed by atoms with van der Waals surface area (Å²) in [6.07, 6.45) is 2.49. The molecule has 0 saturated carbocycles. The fourth-order valence-corrected chi connectivity index (χ4v) is 3.02. The first-order valence-corrected chi connectivity index (χ1v) is 8.73. The highest BCUT2D eigenvalue weighted by molar-refractivity contribution is 6.02. The van der Waals surface area contributed by atoms with Gasteiger partial charge in [-0.2, -0.15) is 0 Å². The van der Waals surface area contributed by atoms with E-state index in [0.29, 0.717) is 11.3 Å². The zero-order valence-electron chi connectivity index (χ0n) is 14.8. The number of carbonyl (C=O) groups is 2. The van der Waals surface area contributed by atoms with Gasteiger partial charge in [-0.1, -0.05) is 12.1 Å². The number of hydrogen-bond acceptors (Lipinski definition) is 5. The molecule has 0 aromatic heterocycles. The minimum atomic E-state index is -0.480. The molecule has 0 aliphatic carbocycles. The number of esters is 1. The molecule has 0 spiro atoms. The van der Waals surface area contributed by atoms with Crippen molar-refractivity contribution >= 4 is 28.9 Å². The van der Waals surface area contributed by atoms with Gasteiger partial charge in [0.15, 0.2) is 0 Å². The van der Waals surface area contributed by atoms with Crippen molar-refractivity contribution < 1.29 is 14.3 Å². The van der Waals surface area contributed by atoms with Crippen LogP contribution in [0.2, 0.25) is 0 Å². The smallest absolute Gasteiger partial charge is 0.339 e. The Labute approximate surface area is 153 Å². The minimum Gasteiger partial charge on any atom is -0.465 e. The molecular formula is C20H23N3O3. The number of nitrogens with one attached hydrogen (secondary N) is 2. The van der Waals surface area contributed by atoms with Crippen molar-refractivity contribution in [3.63, 3.8) is 0 Å². The first kappa shape index (κ1) is 17.8. The number of amides is 1. The molecule has 0 radical (unpaired) electrons. The monoisotopic (exact) mass is 353 g/mol. The summed E-state index contributed by atoms with van der Waals surface area (Å²) in [6, 6.07) is 14.9. The highest BCUT2D eigenvalue weighted by Crippen LogP contribution is 2.22. The van der Waals surface area contributed by atoms with Gasteiger partial charge in [-0.15, -0.1) is 0 Å². The molecule has 1 heterocycles. The van der Waals surface area contributed by atoms with Crippen LogP contribution in [-0.4, -0.2) is 38.6 Å². The van der Waals surface area contributed by atoms with Gasteiger partial charge in [0.1, 0.15) is 0 Å². The normalized spacial score (nSPS) is 13.3. The van der Waals surface area contributed by atoms with Crippen LogP contribution in [0.25, 0.3) is 0 Å². The van der Waals surface area contributed by atoms with Gasteiger partial charge in [-0.05, 0) is 49.2 Å². The number of rotatable bonds is 6. The number of methoxy groups -OCH3 is 1. The third kappa shape index (κ3) is 4.33. The van der Waals surface area contributed by atoms with Crippen molar-refractivity contribution in [3.05, 3.63) is 54.1 Å². The Morgan fingerprint density at radius 1 is 1.04 bits per heavy atom. The van der Waals surface area contributed by atoms with E-state index in [9.17, 15) is 9.59 Å². The average Bonchev–Trinajstić information content (AvgIpc) is 3.21. The standard InChI is InChI=1S/C20H23N3O3/c1-26-20(25)17-6-2-3-7-18(17)22-19(24)14-21-15-8-10-16(11-9-15)23-12-4-5-13-23/h2-3,6-11,21H,4-5,12-14H2,1H3,(H,22,24). The second-order valence-corrected chi connectivity index (χ2v) is 6.18. The average molecular weight is 353 g/mol. The van der Waals surface area contributed by atoms with Crippen molar-refractivity contribution in [1.82, 2.24) is 0 Å². The topological polar surface area (TPSA) is 70.7 Å². The minimum absolute atomic E-state index is 0.110. The number of carbonyl (C=O) groups excluding carboxylic acids is 2. The Balaban J connectivity index is 1.55. The maximum atomic E-state index is 12.2. The zero-order chi connectivity index (χ0) is 18.4. The first-order valence-electron chi connectivity index (χ1n) is 8.73. The van der Waals surface area contributed by atoms with Crippen molar-refractivity contribution in [2.45, 2.75) is 12.8 Å². The van der Waals surface area contributed by atoms with Crippen LogP contribution in [-0.2, 0) is 9.53 Å². The Hall–Kier alpha value is -3.02. The fraction of sp³-hybridized carbons (Fsp3) is 0.300. The fourth-order valence-electron chi connectivity index (χ4n) is 3.02. The van der Waals surface area contributed by atoms with Gasteiger partial charge in [-0.25, -0.2) is 4.79 Å². The lowest BCUT2D eigenvalue weighted by molar-refractivity contribution is -0.114. The molecule has 0 atom stereocenters. The van der Waals surface area contributed by atoms with Gasteiger partial charge in [0.05, 0.1) is 24.9 Å². The largest absolute Gasteiger partial charge is 0.465 e. The molecule has 2 aromatic rings. The summed E-state index contributed by atoms with van der Waals surface area (Å²) in [5, 5.41) is 5.84. The SMILES string of the molecule is COC(=O)c1ccccc1NC(=O)CNc1ccc(N2CCCC2)cc1. The van der Waals surface area contributed by atoms with Crippen LogP contribution in [0.3, 0.4) is 0 Å². The van der Waals surface area contributed by atoms with Crippen LogP contribution >= 0.6 is 0 Å². The first-order chi connectivity index (χ1) is 12.7. The Bertz CT molecular complexity index is 768. The molecule has 1 amide bonds. The second kappa shape index (κ2) is 8.38. The quantitative estimate of drug-likeness (QED) is 0.781. The highest BCUT2D eigenvalue weighted by Gasteiger charge is 2.14. The number of hydrogen-bond donors (Lipinski definition) is 2. The summed E-state index contributed by atoms with van der Waals surface area (Å²) >= 11 is 0. The van der Waals surface area contributed by atoms with Gasteiger partial charge in [0, 0.05) is 24.5 Å². The molecule has 0 bridgehead atoms. The van der Waals surface area contributed by atoms with Crippen LogP contribution in [0.4, 0.5) is 17.1 Å². The summed E-state index contributed by atoms with van der Waals surface area (Å²) in [7, 11) is 1.31. The maximum absolute atomic E-state index is 12.2. The van der Waals surface area contributed by atoms with Crippen LogP contribution in [0.15, 0.2) is 48.5 Å². The molecule has 6 nitrogen and oxygen atoms in total. The molecule has 1 aliphatic heterocycles. The van der Waals surface area contributed by atoms with E-state index in [-0.39, 0.29) is 12.5 Å². The Morgan fingerprint density at radius 3 is 2.42 bits per heavy atom. The number of nitrogens with zero attached hydrogens (tertiary/aromatic N) is 1. The molecule has 136 valence electrons. The van der Waals surface area contributed by atoms with Gasteiger partial charge in [0.25, 0.3) is 0 Å². The lowest BCUT2D eigenvalue weighted by Gasteiger charge is -2.18. The van der Waals surface area contributed by atoms with Crippen molar-refractivity contribution in [3.8, 4) is 0 Å². The van der Waals surface area contributed by atoms with E-state index in [0.717, 1.165) is 18.8 Å². The van der Waals surface area contributed by atoms with E-state index in [1.165, 1.54) is 25.6 Å². The molecule has 1 saturated heterocycles. The molecule has 2 aromatic carbocycles. The molecule has 0 unspecified atom stereocenters. The van der Waals surface area contributed by atoms with E-state index < -0.39 is 5.97 Å². The van der Waals surface area contributed by atoms with Gasteiger partial charge >= 0.3 is 5.97 Å². The number of para-hydroxylation sites is 1. The van der Waals surface area contributed by atoms with E-state index in [1.54, 1.807) is 24.3 Å². The van der Waals surface area contributed by atoms with Crippen molar-refractivity contribution in [2.24, 2.45) is 0 Å². The molecule has 3 rings (SSSR count). The highest BCUT2D eigenvalue weighted by atomic mass is 16.5. The summed E-state index contributed by atoms with van der Waals surface area (Å²) in [5.74, 6) is -0.712. The third-order valence-corrected chi connectivity index (χ3v) is 4.40. The summed E-state index contributed by atoms with van der Waals surface area (Å²) < 4.78 is 4.73. The number of anilines is 3. The van der Waals surface area contributed by atoms with Crippen LogP contribution in [0, 0.1) is 0 Å². The third-order valence-electron chi connectivity index (χ3n) is 4.40. The van der Waals surface area contributed by atoms with E-state index in [1.807, 2.05) is 12.1 Å². The van der Waals surface area contributed by atoms with Crippen LogP contribution in [0.5, 0.6) is 0 Å². The second-order valence-electron chi connectivity index (χ2n) is 6.18. The summed E-state index contributed by atoms with van der Waals surface area (Å²) in [5.41, 5.74) is 2.86. The van der Waals surface area contributed by atoms with Gasteiger partial charge in [0.2, 0.25) is 5.91 Å². The lowest BCUT2D eigenvalue weighted by Crippen LogP contribution is -2.23. The van der Waals surface area contributed by atoms with Crippen LogP contribution < -0.4 is 15.5 Å². The van der Waals surface area contributed by atoms with Crippen LogP contribution in [0.1, 0.15) is 23.2 Å². The Morgan fingerprint density at radius 2 is 1.73 bits per heavy atom. The van der Waals surface area contributed by atoms with E-state index in [2.05, 4.69) is 27.7 Å². The van der Waals surface area contributed by atoms with Crippen molar-refractivity contribution in [1.29, 1.82) is 0 Å².